The van der Waals surface area contributed by atoms with Gasteiger partial charge in [-0.25, -0.2) is 12.8 Å². The van der Waals surface area contributed by atoms with Gasteiger partial charge in [-0.3, -0.25) is 9.10 Å². The smallest absolute Gasteiger partial charge is 0.255 e. The number of sulfonamides is 1. The molecule has 0 aliphatic heterocycles. The fourth-order valence-electron chi connectivity index (χ4n) is 3.58. The molecule has 4 aromatic rings. The molecule has 0 aliphatic carbocycles. The van der Waals surface area contributed by atoms with E-state index >= 15 is 0 Å². The van der Waals surface area contributed by atoms with Gasteiger partial charge in [0, 0.05) is 36.7 Å². The van der Waals surface area contributed by atoms with Crippen molar-refractivity contribution < 1.29 is 22.0 Å². The minimum Gasteiger partial charge on any atom is -0.455 e. The minimum absolute atomic E-state index is 0.275. The van der Waals surface area contributed by atoms with Crippen LogP contribution in [0.25, 0.3) is 33.4 Å². The number of fused-ring (bicyclic) bond motifs is 1. The lowest BCUT2D eigenvalue weighted by Crippen LogP contribution is -2.25. The Kier molecular flexibility index (Phi) is 5.48. The van der Waals surface area contributed by atoms with E-state index in [4.69, 9.17) is 4.42 Å². The van der Waals surface area contributed by atoms with Crippen molar-refractivity contribution in [3.63, 3.8) is 0 Å². The first-order chi connectivity index (χ1) is 15.2. The number of rotatable bonds is 5. The standard InChI is InChI=1S/C24H21FN2O4S/c1-26-24(28)22-19-13-18(15-7-5-4-6-8-15)20(27(2)32(3,29)30)14-21(19)31-23(22)16-9-11-17(25)12-10-16/h4-14H,1-3H3,(H,26,28). The van der Waals surface area contributed by atoms with Crippen molar-refractivity contribution in [3.8, 4) is 22.5 Å². The highest BCUT2D eigenvalue weighted by Gasteiger charge is 2.25. The maximum atomic E-state index is 13.5. The van der Waals surface area contributed by atoms with Crippen LogP contribution in [0.5, 0.6) is 0 Å². The van der Waals surface area contributed by atoms with E-state index in [1.54, 1.807) is 12.1 Å². The van der Waals surface area contributed by atoms with Crippen LogP contribution in [0.4, 0.5) is 10.1 Å². The predicted molar refractivity (Wildman–Crippen MR) is 124 cm³/mol. The van der Waals surface area contributed by atoms with Crippen LogP contribution < -0.4 is 9.62 Å². The van der Waals surface area contributed by atoms with Crippen LogP contribution in [0, 0.1) is 5.82 Å². The fraction of sp³-hybridized carbons (Fsp3) is 0.125. The number of halogens is 1. The quantitative estimate of drug-likeness (QED) is 0.478. The number of hydrogen-bond acceptors (Lipinski definition) is 4. The zero-order valence-corrected chi connectivity index (χ0v) is 18.5. The molecule has 0 saturated heterocycles. The summed E-state index contributed by atoms with van der Waals surface area (Å²) in [4.78, 5) is 12.8. The molecule has 6 nitrogen and oxygen atoms in total. The van der Waals surface area contributed by atoms with Crippen LogP contribution in [0.3, 0.4) is 0 Å². The number of carbonyl (C=O) groups is 1. The van der Waals surface area contributed by atoms with Crippen LogP contribution in [-0.2, 0) is 10.0 Å². The predicted octanol–water partition coefficient (Wildman–Crippen LogP) is 4.66. The lowest BCUT2D eigenvalue weighted by Gasteiger charge is -2.20. The molecule has 32 heavy (non-hydrogen) atoms. The molecule has 4 rings (SSSR count). The van der Waals surface area contributed by atoms with Gasteiger partial charge in [-0.1, -0.05) is 30.3 Å². The average molecular weight is 453 g/mol. The first kappa shape index (κ1) is 21.6. The number of furan rings is 1. The van der Waals surface area contributed by atoms with Gasteiger partial charge >= 0.3 is 0 Å². The van der Waals surface area contributed by atoms with Crippen molar-refractivity contribution in [2.24, 2.45) is 0 Å². The van der Waals surface area contributed by atoms with Gasteiger partial charge in [0.2, 0.25) is 10.0 Å². The van der Waals surface area contributed by atoms with E-state index in [1.165, 1.54) is 42.7 Å². The molecule has 1 aromatic heterocycles. The number of amides is 1. The fourth-order valence-corrected chi connectivity index (χ4v) is 4.08. The van der Waals surface area contributed by atoms with Crippen molar-refractivity contribution in [2.45, 2.75) is 0 Å². The number of hydrogen-bond donors (Lipinski definition) is 1. The molecule has 3 aromatic carbocycles. The van der Waals surface area contributed by atoms with Gasteiger partial charge in [0.25, 0.3) is 5.91 Å². The lowest BCUT2D eigenvalue weighted by molar-refractivity contribution is 0.0964. The van der Waals surface area contributed by atoms with Crippen molar-refractivity contribution >= 4 is 32.6 Å². The van der Waals surface area contributed by atoms with Crippen LogP contribution in [0.2, 0.25) is 0 Å². The summed E-state index contributed by atoms with van der Waals surface area (Å²) in [5, 5.41) is 3.14. The third kappa shape index (κ3) is 3.85. The molecule has 1 heterocycles. The Bertz CT molecular complexity index is 1410. The van der Waals surface area contributed by atoms with Gasteiger partial charge in [-0.05, 0) is 35.9 Å². The molecule has 0 fully saturated rings. The normalized spacial score (nSPS) is 11.5. The third-order valence-corrected chi connectivity index (χ3v) is 6.48. The highest BCUT2D eigenvalue weighted by atomic mass is 32.2. The Hall–Kier alpha value is -3.65. The second kappa shape index (κ2) is 8.12. The molecule has 0 radical (unpaired) electrons. The van der Waals surface area contributed by atoms with E-state index in [0.717, 1.165) is 11.8 Å². The van der Waals surface area contributed by atoms with Gasteiger partial charge in [0.05, 0.1) is 17.5 Å². The van der Waals surface area contributed by atoms with Crippen molar-refractivity contribution in [2.75, 3.05) is 24.7 Å². The Balaban J connectivity index is 2.08. The van der Waals surface area contributed by atoms with Gasteiger partial charge in [-0.15, -0.1) is 0 Å². The molecule has 0 bridgehead atoms. The first-order valence-corrected chi connectivity index (χ1v) is 11.6. The maximum absolute atomic E-state index is 13.5. The molecule has 8 heteroatoms. The molecule has 0 aliphatic rings. The summed E-state index contributed by atoms with van der Waals surface area (Å²) < 4.78 is 45.3. The van der Waals surface area contributed by atoms with E-state index in [2.05, 4.69) is 5.32 Å². The number of benzene rings is 3. The largest absolute Gasteiger partial charge is 0.455 e. The summed E-state index contributed by atoms with van der Waals surface area (Å²) >= 11 is 0. The van der Waals surface area contributed by atoms with Crippen LogP contribution >= 0.6 is 0 Å². The third-order valence-electron chi connectivity index (χ3n) is 5.29. The monoisotopic (exact) mass is 452 g/mol. The minimum atomic E-state index is -3.57. The summed E-state index contributed by atoms with van der Waals surface area (Å²) in [6.45, 7) is 0. The van der Waals surface area contributed by atoms with Crippen LogP contribution in [0.15, 0.2) is 71.1 Å². The topological polar surface area (TPSA) is 79.6 Å². The van der Waals surface area contributed by atoms with E-state index in [9.17, 15) is 17.6 Å². The highest BCUT2D eigenvalue weighted by molar-refractivity contribution is 7.92. The second-order valence-electron chi connectivity index (χ2n) is 7.35. The molecular weight excluding hydrogens is 431 g/mol. The van der Waals surface area contributed by atoms with Gasteiger partial charge in [0.15, 0.2) is 0 Å². The maximum Gasteiger partial charge on any atom is 0.255 e. The zero-order valence-electron chi connectivity index (χ0n) is 17.7. The molecule has 0 spiro atoms. The lowest BCUT2D eigenvalue weighted by atomic mass is 9.98. The molecule has 1 amide bonds. The number of anilines is 1. The van der Waals surface area contributed by atoms with Crippen LogP contribution in [-0.4, -0.2) is 34.7 Å². The van der Waals surface area contributed by atoms with Crippen molar-refractivity contribution in [1.29, 1.82) is 0 Å². The Morgan fingerprint density at radius 2 is 1.66 bits per heavy atom. The summed E-state index contributed by atoms with van der Waals surface area (Å²) in [5.74, 6) is -0.501. The number of nitrogens with zero attached hydrogens (tertiary/aromatic N) is 1. The van der Waals surface area contributed by atoms with E-state index in [-0.39, 0.29) is 11.7 Å². The van der Waals surface area contributed by atoms with Crippen LogP contribution in [0.1, 0.15) is 10.4 Å². The second-order valence-corrected chi connectivity index (χ2v) is 9.37. The van der Waals surface area contributed by atoms with Gasteiger partial charge < -0.3 is 9.73 Å². The van der Waals surface area contributed by atoms with Crippen molar-refractivity contribution in [3.05, 3.63) is 78.1 Å². The Morgan fingerprint density at radius 3 is 2.25 bits per heavy atom. The van der Waals surface area contributed by atoms with Gasteiger partial charge in [-0.2, -0.15) is 0 Å². The Labute approximate surface area is 185 Å². The molecule has 164 valence electrons. The van der Waals surface area contributed by atoms with E-state index < -0.39 is 15.8 Å². The summed E-state index contributed by atoms with van der Waals surface area (Å²) in [6, 6.07) is 18.3. The highest BCUT2D eigenvalue weighted by Crippen LogP contribution is 2.41. The summed E-state index contributed by atoms with van der Waals surface area (Å²) in [7, 11) is -0.587. The average Bonchev–Trinajstić information content (AvgIpc) is 3.16. The number of nitrogens with one attached hydrogen (secondary N) is 1. The number of carbonyl (C=O) groups excluding carboxylic acids is 1. The molecular formula is C24H21FN2O4S. The van der Waals surface area contributed by atoms with Gasteiger partial charge in [0.1, 0.15) is 17.2 Å². The zero-order chi connectivity index (χ0) is 23.0. The summed E-state index contributed by atoms with van der Waals surface area (Å²) in [6.07, 6.45) is 1.12. The molecule has 0 atom stereocenters. The van der Waals surface area contributed by atoms with E-state index in [1.807, 2.05) is 30.3 Å². The SMILES string of the molecule is CNC(=O)c1c(-c2ccc(F)cc2)oc2cc(N(C)S(C)(=O)=O)c(-c3ccccc3)cc12. The first-order valence-electron chi connectivity index (χ1n) is 9.78. The summed E-state index contributed by atoms with van der Waals surface area (Å²) in [5.41, 5.74) is 2.98. The molecule has 0 saturated carbocycles. The molecule has 0 unspecified atom stereocenters. The van der Waals surface area contributed by atoms with Crippen molar-refractivity contribution in [1.82, 2.24) is 5.32 Å². The Morgan fingerprint density at radius 1 is 1.00 bits per heavy atom. The molecule has 1 N–H and O–H groups in total. The van der Waals surface area contributed by atoms with E-state index in [0.29, 0.717) is 33.3 Å².